The topological polar surface area (TPSA) is 73.1 Å². The minimum Gasteiger partial charge on any atom is -0.478 e. The smallest absolute Gasteiger partial charge is 0.335 e. The summed E-state index contributed by atoms with van der Waals surface area (Å²) in [5.74, 6) is -0.936. The maximum absolute atomic E-state index is 10.9. The first kappa shape index (κ1) is 13.6. The van der Waals surface area contributed by atoms with Crippen molar-refractivity contribution in [2.45, 2.75) is 13.5 Å². The molecule has 0 amide bonds. The van der Waals surface area contributed by atoms with E-state index in [-0.39, 0.29) is 5.56 Å². The van der Waals surface area contributed by atoms with E-state index in [1.54, 1.807) is 30.3 Å². The lowest BCUT2D eigenvalue weighted by Crippen LogP contribution is -2.03. The van der Waals surface area contributed by atoms with Crippen LogP contribution in [0.25, 0.3) is 0 Å². The number of carbonyl (C=O) groups is 1. The van der Waals surface area contributed by atoms with Crippen molar-refractivity contribution in [1.29, 1.82) is 5.26 Å². The van der Waals surface area contributed by atoms with Gasteiger partial charge in [-0.3, -0.25) is 0 Å². The Morgan fingerprint density at radius 2 is 2.10 bits per heavy atom. The Kier molecular flexibility index (Phi) is 4.02. The SMILES string of the molecule is Cc1ccc(C#N)cc1NCc1cccc(C(=O)O)c1. The van der Waals surface area contributed by atoms with Gasteiger partial charge in [0, 0.05) is 12.2 Å². The van der Waals surface area contributed by atoms with E-state index in [2.05, 4.69) is 11.4 Å². The van der Waals surface area contributed by atoms with Crippen LogP contribution < -0.4 is 5.32 Å². The van der Waals surface area contributed by atoms with E-state index in [0.29, 0.717) is 12.1 Å². The number of nitriles is 1. The summed E-state index contributed by atoms with van der Waals surface area (Å²) in [6.07, 6.45) is 0. The number of carboxylic acids is 1. The molecule has 2 rings (SSSR count). The number of hydrogen-bond donors (Lipinski definition) is 2. The molecule has 2 N–H and O–H groups in total. The Morgan fingerprint density at radius 1 is 1.30 bits per heavy atom. The van der Waals surface area contributed by atoms with E-state index >= 15 is 0 Å². The van der Waals surface area contributed by atoms with Crippen molar-refractivity contribution in [3.63, 3.8) is 0 Å². The summed E-state index contributed by atoms with van der Waals surface area (Å²) in [6.45, 7) is 2.47. The minimum atomic E-state index is -0.936. The number of hydrogen-bond acceptors (Lipinski definition) is 3. The molecule has 2 aromatic rings. The Balaban J connectivity index is 2.15. The summed E-state index contributed by atoms with van der Waals surface area (Å²) in [7, 11) is 0. The standard InChI is InChI=1S/C16H14N2O2/c1-11-5-6-12(9-17)8-15(11)18-10-13-3-2-4-14(7-13)16(19)20/h2-8,18H,10H2,1H3,(H,19,20). The number of nitrogens with zero attached hydrogens (tertiary/aromatic N) is 1. The van der Waals surface area contributed by atoms with Crippen LogP contribution in [-0.2, 0) is 6.54 Å². The van der Waals surface area contributed by atoms with Gasteiger partial charge in [-0.2, -0.15) is 5.26 Å². The third kappa shape index (κ3) is 3.15. The molecule has 0 aromatic heterocycles. The highest BCUT2D eigenvalue weighted by molar-refractivity contribution is 5.87. The molecule has 4 nitrogen and oxygen atoms in total. The molecule has 0 aliphatic rings. The van der Waals surface area contributed by atoms with Crippen LogP contribution in [0.3, 0.4) is 0 Å². The second-order valence-electron chi connectivity index (χ2n) is 4.50. The monoisotopic (exact) mass is 266 g/mol. The van der Waals surface area contributed by atoms with E-state index < -0.39 is 5.97 Å². The van der Waals surface area contributed by atoms with Crippen molar-refractivity contribution in [2.24, 2.45) is 0 Å². The van der Waals surface area contributed by atoms with Gasteiger partial charge in [-0.05, 0) is 42.3 Å². The molecule has 0 spiro atoms. The molecule has 0 aliphatic carbocycles. The summed E-state index contributed by atoms with van der Waals surface area (Å²) in [5, 5.41) is 21.1. The highest BCUT2D eigenvalue weighted by atomic mass is 16.4. The Bertz CT molecular complexity index is 687. The molecule has 0 atom stereocenters. The average Bonchev–Trinajstić information content (AvgIpc) is 2.46. The molecule has 20 heavy (non-hydrogen) atoms. The molecule has 4 heteroatoms. The van der Waals surface area contributed by atoms with Crippen LogP contribution in [-0.4, -0.2) is 11.1 Å². The molecule has 0 radical (unpaired) electrons. The van der Waals surface area contributed by atoms with Gasteiger partial charge in [0.2, 0.25) is 0 Å². The predicted octanol–water partition coefficient (Wildman–Crippen LogP) is 3.18. The van der Waals surface area contributed by atoms with Gasteiger partial charge in [-0.15, -0.1) is 0 Å². The van der Waals surface area contributed by atoms with Crippen LogP contribution in [0.1, 0.15) is 27.0 Å². The van der Waals surface area contributed by atoms with Gasteiger partial charge in [-0.1, -0.05) is 18.2 Å². The van der Waals surface area contributed by atoms with Crippen LogP contribution in [0.2, 0.25) is 0 Å². The summed E-state index contributed by atoms with van der Waals surface area (Å²) in [4.78, 5) is 10.9. The highest BCUT2D eigenvalue weighted by Gasteiger charge is 2.04. The summed E-state index contributed by atoms with van der Waals surface area (Å²) < 4.78 is 0. The molecule has 0 aliphatic heterocycles. The van der Waals surface area contributed by atoms with Crippen LogP contribution in [0, 0.1) is 18.3 Å². The van der Waals surface area contributed by atoms with Gasteiger partial charge < -0.3 is 10.4 Å². The Morgan fingerprint density at radius 3 is 2.80 bits per heavy atom. The molecule has 0 bridgehead atoms. The van der Waals surface area contributed by atoms with Crippen LogP contribution in [0.4, 0.5) is 5.69 Å². The van der Waals surface area contributed by atoms with Crippen molar-refractivity contribution in [2.75, 3.05) is 5.32 Å². The fourth-order valence-corrected chi connectivity index (χ4v) is 1.89. The number of rotatable bonds is 4. The lowest BCUT2D eigenvalue weighted by molar-refractivity contribution is 0.0697. The first-order chi connectivity index (χ1) is 9.60. The van der Waals surface area contributed by atoms with Crippen LogP contribution in [0.15, 0.2) is 42.5 Å². The second-order valence-corrected chi connectivity index (χ2v) is 4.50. The number of carboxylic acid groups (broad SMARTS) is 1. The molecular formula is C16H14N2O2. The molecule has 0 heterocycles. The lowest BCUT2D eigenvalue weighted by Gasteiger charge is -2.10. The molecule has 0 saturated heterocycles. The predicted molar refractivity (Wildman–Crippen MR) is 76.6 cm³/mol. The molecule has 0 fully saturated rings. The fraction of sp³-hybridized carbons (Fsp3) is 0.125. The van der Waals surface area contributed by atoms with Crippen molar-refractivity contribution >= 4 is 11.7 Å². The van der Waals surface area contributed by atoms with Crippen molar-refractivity contribution in [3.05, 3.63) is 64.7 Å². The van der Waals surface area contributed by atoms with E-state index in [1.165, 1.54) is 0 Å². The van der Waals surface area contributed by atoms with Gasteiger partial charge in [0.25, 0.3) is 0 Å². The van der Waals surface area contributed by atoms with Crippen molar-refractivity contribution in [3.8, 4) is 6.07 Å². The zero-order valence-electron chi connectivity index (χ0n) is 11.1. The van der Waals surface area contributed by atoms with Gasteiger partial charge in [0.1, 0.15) is 0 Å². The van der Waals surface area contributed by atoms with E-state index in [0.717, 1.165) is 16.8 Å². The Labute approximate surface area is 117 Å². The molecule has 0 unspecified atom stereocenters. The molecular weight excluding hydrogens is 252 g/mol. The number of aromatic carboxylic acids is 1. The van der Waals surface area contributed by atoms with Crippen molar-refractivity contribution < 1.29 is 9.90 Å². The second kappa shape index (κ2) is 5.89. The van der Waals surface area contributed by atoms with E-state index in [4.69, 9.17) is 10.4 Å². The highest BCUT2D eigenvalue weighted by Crippen LogP contribution is 2.17. The first-order valence-electron chi connectivity index (χ1n) is 6.17. The molecule has 100 valence electrons. The van der Waals surface area contributed by atoms with Gasteiger partial charge in [0.05, 0.1) is 17.2 Å². The maximum Gasteiger partial charge on any atom is 0.335 e. The first-order valence-corrected chi connectivity index (χ1v) is 6.17. The number of nitrogens with one attached hydrogen (secondary N) is 1. The number of anilines is 1. The number of aryl methyl sites for hydroxylation is 1. The van der Waals surface area contributed by atoms with Gasteiger partial charge >= 0.3 is 5.97 Å². The lowest BCUT2D eigenvalue weighted by atomic mass is 10.1. The third-order valence-corrected chi connectivity index (χ3v) is 3.02. The molecule has 0 saturated carbocycles. The van der Waals surface area contributed by atoms with E-state index in [1.807, 2.05) is 19.1 Å². The van der Waals surface area contributed by atoms with Crippen LogP contribution >= 0.6 is 0 Å². The molecule has 2 aromatic carbocycles. The van der Waals surface area contributed by atoms with Gasteiger partial charge in [-0.25, -0.2) is 4.79 Å². The summed E-state index contributed by atoms with van der Waals surface area (Å²) >= 11 is 0. The Hall–Kier alpha value is -2.80. The van der Waals surface area contributed by atoms with Crippen molar-refractivity contribution in [1.82, 2.24) is 0 Å². The summed E-state index contributed by atoms with van der Waals surface area (Å²) in [5.41, 5.74) is 3.67. The fourth-order valence-electron chi connectivity index (χ4n) is 1.89. The average molecular weight is 266 g/mol. The largest absolute Gasteiger partial charge is 0.478 e. The normalized spacial score (nSPS) is 9.80. The quantitative estimate of drug-likeness (QED) is 0.891. The zero-order valence-corrected chi connectivity index (χ0v) is 11.1. The zero-order chi connectivity index (χ0) is 14.5. The van der Waals surface area contributed by atoms with E-state index in [9.17, 15) is 4.79 Å². The number of benzene rings is 2. The van der Waals surface area contributed by atoms with Crippen LogP contribution in [0.5, 0.6) is 0 Å². The minimum absolute atomic E-state index is 0.270. The summed E-state index contributed by atoms with van der Waals surface area (Å²) in [6, 6.07) is 14.3. The third-order valence-electron chi connectivity index (χ3n) is 3.02. The van der Waals surface area contributed by atoms with Gasteiger partial charge in [0.15, 0.2) is 0 Å². The maximum atomic E-state index is 10.9.